The molecule has 0 unspecified atom stereocenters. The summed E-state index contributed by atoms with van der Waals surface area (Å²) in [5.41, 5.74) is 9.60. The van der Waals surface area contributed by atoms with Gasteiger partial charge in [-0.05, 0) is 25.5 Å². The molecule has 0 aliphatic rings. The lowest BCUT2D eigenvalue weighted by Gasteiger charge is -2.09. The van der Waals surface area contributed by atoms with Crippen molar-refractivity contribution in [3.8, 4) is 0 Å². The second-order valence-electron chi connectivity index (χ2n) is 3.82. The zero-order chi connectivity index (χ0) is 11.5. The third kappa shape index (κ3) is 2.16. The first-order chi connectivity index (χ1) is 7.66. The molecule has 0 spiro atoms. The van der Waals surface area contributed by atoms with Crippen LogP contribution in [0.2, 0.25) is 0 Å². The Morgan fingerprint density at radius 2 is 2.19 bits per heavy atom. The van der Waals surface area contributed by atoms with Gasteiger partial charge in [0.15, 0.2) is 5.76 Å². The van der Waals surface area contributed by atoms with E-state index in [2.05, 4.69) is 10.5 Å². The van der Waals surface area contributed by atoms with Gasteiger partial charge in [-0.15, -0.1) is 0 Å². The summed E-state index contributed by atoms with van der Waals surface area (Å²) in [5, 5.41) is 7.05. The van der Waals surface area contributed by atoms with E-state index in [1.54, 1.807) is 0 Å². The monoisotopic (exact) mass is 217 g/mol. The largest absolute Gasteiger partial charge is 0.397 e. The zero-order valence-electron chi connectivity index (χ0n) is 9.45. The van der Waals surface area contributed by atoms with Crippen LogP contribution in [0.25, 0.3) is 0 Å². The highest BCUT2D eigenvalue weighted by Crippen LogP contribution is 2.22. The summed E-state index contributed by atoms with van der Waals surface area (Å²) in [7, 11) is 0. The van der Waals surface area contributed by atoms with Crippen molar-refractivity contribution in [2.45, 2.75) is 20.4 Å². The van der Waals surface area contributed by atoms with Crippen molar-refractivity contribution in [1.82, 2.24) is 5.16 Å². The van der Waals surface area contributed by atoms with Crippen LogP contribution in [0.15, 0.2) is 28.8 Å². The van der Waals surface area contributed by atoms with E-state index in [1.807, 2.05) is 38.1 Å². The molecule has 0 bridgehead atoms. The fraction of sp³-hybridized carbons (Fsp3) is 0.250. The number of benzene rings is 1. The molecule has 0 atom stereocenters. The highest BCUT2D eigenvalue weighted by molar-refractivity contribution is 5.69. The number of aromatic nitrogens is 1. The van der Waals surface area contributed by atoms with Gasteiger partial charge in [0.2, 0.25) is 0 Å². The summed E-state index contributed by atoms with van der Waals surface area (Å²) in [5.74, 6) is 0.804. The van der Waals surface area contributed by atoms with Gasteiger partial charge >= 0.3 is 0 Å². The van der Waals surface area contributed by atoms with Crippen molar-refractivity contribution in [2.24, 2.45) is 0 Å². The third-order valence-corrected chi connectivity index (χ3v) is 2.45. The highest BCUT2D eigenvalue weighted by Gasteiger charge is 2.03. The van der Waals surface area contributed by atoms with Gasteiger partial charge in [0.1, 0.15) is 0 Å². The Morgan fingerprint density at radius 3 is 2.88 bits per heavy atom. The van der Waals surface area contributed by atoms with Crippen molar-refractivity contribution in [1.29, 1.82) is 0 Å². The molecule has 1 aromatic carbocycles. The summed E-state index contributed by atoms with van der Waals surface area (Å²) >= 11 is 0. The first kappa shape index (κ1) is 10.5. The number of para-hydroxylation sites is 1. The molecule has 16 heavy (non-hydrogen) atoms. The van der Waals surface area contributed by atoms with Crippen LogP contribution in [-0.2, 0) is 6.54 Å². The van der Waals surface area contributed by atoms with E-state index < -0.39 is 0 Å². The Kier molecular flexibility index (Phi) is 2.81. The van der Waals surface area contributed by atoms with E-state index in [1.165, 1.54) is 0 Å². The summed E-state index contributed by atoms with van der Waals surface area (Å²) in [6, 6.07) is 7.81. The van der Waals surface area contributed by atoms with Gasteiger partial charge in [0, 0.05) is 6.07 Å². The summed E-state index contributed by atoms with van der Waals surface area (Å²) in [4.78, 5) is 0. The number of nitrogen functional groups attached to an aromatic ring is 1. The number of anilines is 2. The molecule has 0 aliphatic heterocycles. The molecule has 2 aromatic rings. The minimum atomic E-state index is 0.592. The number of aryl methyl sites for hydroxylation is 2. The highest BCUT2D eigenvalue weighted by atomic mass is 16.5. The minimum absolute atomic E-state index is 0.592. The lowest BCUT2D eigenvalue weighted by atomic mass is 10.2. The average Bonchev–Trinajstić information content (AvgIpc) is 2.67. The van der Waals surface area contributed by atoms with Crippen LogP contribution in [0.4, 0.5) is 11.4 Å². The Morgan fingerprint density at radius 1 is 1.38 bits per heavy atom. The fourth-order valence-corrected chi connectivity index (χ4v) is 1.52. The Hall–Kier alpha value is -1.97. The normalized spacial score (nSPS) is 10.4. The van der Waals surface area contributed by atoms with Gasteiger partial charge < -0.3 is 15.6 Å². The van der Waals surface area contributed by atoms with Crippen LogP contribution >= 0.6 is 0 Å². The second kappa shape index (κ2) is 4.26. The maximum Gasteiger partial charge on any atom is 0.156 e. The molecule has 1 heterocycles. The molecule has 84 valence electrons. The van der Waals surface area contributed by atoms with Crippen LogP contribution in [0.5, 0.6) is 0 Å². The molecular weight excluding hydrogens is 202 g/mol. The van der Waals surface area contributed by atoms with Crippen LogP contribution in [-0.4, -0.2) is 5.16 Å². The summed E-state index contributed by atoms with van der Waals surface area (Å²) < 4.78 is 5.10. The number of nitrogens with one attached hydrogen (secondary N) is 1. The summed E-state index contributed by atoms with van der Waals surface area (Å²) in [6.07, 6.45) is 0. The van der Waals surface area contributed by atoms with Crippen molar-refractivity contribution >= 4 is 11.4 Å². The molecule has 3 N–H and O–H groups in total. The van der Waals surface area contributed by atoms with Crippen molar-refractivity contribution in [3.05, 3.63) is 41.3 Å². The van der Waals surface area contributed by atoms with E-state index in [9.17, 15) is 0 Å². The third-order valence-electron chi connectivity index (χ3n) is 2.45. The summed E-state index contributed by atoms with van der Waals surface area (Å²) in [6.45, 7) is 4.47. The predicted molar refractivity (Wildman–Crippen MR) is 64.2 cm³/mol. The van der Waals surface area contributed by atoms with E-state index in [4.69, 9.17) is 10.3 Å². The quantitative estimate of drug-likeness (QED) is 0.775. The maximum absolute atomic E-state index is 5.94. The molecule has 0 aliphatic carbocycles. The van der Waals surface area contributed by atoms with Crippen molar-refractivity contribution < 1.29 is 4.52 Å². The number of hydrogen-bond donors (Lipinski definition) is 2. The van der Waals surface area contributed by atoms with Crippen LogP contribution < -0.4 is 11.1 Å². The molecule has 0 saturated heterocycles. The van der Waals surface area contributed by atoms with Gasteiger partial charge in [-0.2, -0.15) is 0 Å². The Labute approximate surface area is 94.4 Å². The van der Waals surface area contributed by atoms with Crippen LogP contribution in [0.1, 0.15) is 17.0 Å². The topological polar surface area (TPSA) is 64.1 Å². The molecule has 2 rings (SSSR count). The Balaban J connectivity index is 2.07. The molecule has 4 nitrogen and oxygen atoms in total. The number of hydrogen-bond acceptors (Lipinski definition) is 4. The van der Waals surface area contributed by atoms with Crippen molar-refractivity contribution in [2.75, 3.05) is 11.1 Å². The fourth-order valence-electron chi connectivity index (χ4n) is 1.52. The van der Waals surface area contributed by atoms with E-state index in [0.29, 0.717) is 6.54 Å². The molecule has 0 fully saturated rings. The van der Waals surface area contributed by atoms with Gasteiger partial charge in [-0.25, -0.2) is 0 Å². The van der Waals surface area contributed by atoms with E-state index in [-0.39, 0.29) is 0 Å². The Bertz CT molecular complexity index is 491. The van der Waals surface area contributed by atoms with E-state index >= 15 is 0 Å². The molecule has 4 heteroatoms. The molecular formula is C12H15N3O. The average molecular weight is 217 g/mol. The number of nitrogens with two attached hydrogens (primary N) is 1. The maximum atomic E-state index is 5.94. The minimum Gasteiger partial charge on any atom is -0.397 e. The number of rotatable bonds is 3. The van der Waals surface area contributed by atoms with Crippen LogP contribution in [0.3, 0.4) is 0 Å². The lowest BCUT2D eigenvalue weighted by Crippen LogP contribution is -2.02. The first-order valence-corrected chi connectivity index (χ1v) is 5.18. The standard InChI is InChI=1S/C12H15N3O/c1-8-4-3-5-11(12(8)13)14-7-10-6-9(2)15-16-10/h3-6,14H,7,13H2,1-2H3. The SMILES string of the molecule is Cc1cc(CNc2cccc(C)c2N)on1. The van der Waals surface area contributed by atoms with Gasteiger partial charge in [-0.3, -0.25) is 0 Å². The van der Waals surface area contributed by atoms with Gasteiger partial charge in [0.05, 0.1) is 23.6 Å². The zero-order valence-corrected chi connectivity index (χ0v) is 9.45. The second-order valence-corrected chi connectivity index (χ2v) is 3.82. The molecule has 0 radical (unpaired) electrons. The van der Waals surface area contributed by atoms with E-state index in [0.717, 1.165) is 28.4 Å². The lowest BCUT2D eigenvalue weighted by molar-refractivity contribution is 0.384. The molecule has 1 aromatic heterocycles. The predicted octanol–water partition coefficient (Wildman–Crippen LogP) is 2.49. The smallest absolute Gasteiger partial charge is 0.156 e. The first-order valence-electron chi connectivity index (χ1n) is 5.18. The van der Waals surface area contributed by atoms with Gasteiger partial charge in [0.25, 0.3) is 0 Å². The molecule has 0 amide bonds. The van der Waals surface area contributed by atoms with Gasteiger partial charge in [-0.1, -0.05) is 17.3 Å². The van der Waals surface area contributed by atoms with Crippen LogP contribution in [0, 0.1) is 13.8 Å². The van der Waals surface area contributed by atoms with Crippen molar-refractivity contribution in [3.63, 3.8) is 0 Å². The molecule has 0 saturated carbocycles. The number of nitrogens with zero attached hydrogens (tertiary/aromatic N) is 1.